The van der Waals surface area contributed by atoms with Crippen LogP contribution in [0.3, 0.4) is 0 Å². The molecule has 102 valence electrons. The van der Waals surface area contributed by atoms with Gasteiger partial charge in [-0.05, 0) is 25.0 Å². The highest BCUT2D eigenvalue weighted by Crippen LogP contribution is 2.19. The fourth-order valence-corrected chi connectivity index (χ4v) is 2.16. The van der Waals surface area contributed by atoms with Crippen molar-refractivity contribution in [2.75, 3.05) is 30.9 Å². The first-order valence-electron chi connectivity index (χ1n) is 6.70. The van der Waals surface area contributed by atoms with Crippen molar-refractivity contribution >= 4 is 21.6 Å². The molecule has 1 aromatic carbocycles. The summed E-state index contributed by atoms with van der Waals surface area (Å²) in [6.07, 6.45) is 6.33. The quantitative estimate of drug-likeness (QED) is 0.492. The molecule has 0 radical (unpaired) electrons. The van der Waals surface area contributed by atoms with E-state index in [1.807, 2.05) is 26.2 Å². The van der Waals surface area contributed by atoms with E-state index in [9.17, 15) is 0 Å². The van der Waals surface area contributed by atoms with Crippen molar-refractivity contribution in [3.05, 3.63) is 24.3 Å². The molecule has 0 amide bonds. The Hall–Kier alpha value is -0.700. The summed E-state index contributed by atoms with van der Waals surface area (Å²) < 4.78 is 5.77. The molecule has 0 heterocycles. The Kier molecular flexibility index (Phi) is 7.90. The molecule has 0 fully saturated rings. The Morgan fingerprint density at radius 3 is 2.50 bits per heavy atom. The monoisotopic (exact) mass is 313 g/mol. The molecule has 0 aliphatic rings. The van der Waals surface area contributed by atoms with Crippen molar-refractivity contribution in [3.63, 3.8) is 0 Å². The Morgan fingerprint density at radius 2 is 1.78 bits per heavy atom. The van der Waals surface area contributed by atoms with Crippen LogP contribution in [0.25, 0.3) is 0 Å². The number of ether oxygens (including phenoxy) is 1. The third-order valence-electron chi connectivity index (χ3n) is 2.88. The van der Waals surface area contributed by atoms with Crippen LogP contribution in [0.15, 0.2) is 24.3 Å². The van der Waals surface area contributed by atoms with Crippen LogP contribution in [0.2, 0.25) is 0 Å². The molecule has 0 unspecified atom stereocenters. The second kappa shape index (κ2) is 9.26. The molecular formula is C15H24BrNO. The average molecular weight is 314 g/mol. The second-order valence-electron chi connectivity index (χ2n) is 4.70. The molecule has 0 saturated carbocycles. The molecule has 1 aromatic rings. The van der Waals surface area contributed by atoms with Crippen molar-refractivity contribution in [1.82, 2.24) is 0 Å². The van der Waals surface area contributed by atoms with E-state index in [-0.39, 0.29) is 0 Å². The highest BCUT2D eigenvalue weighted by Gasteiger charge is 1.98. The normalized spacial score (nSPS) is 10.4. The van der Waals surface area contributed by atoms with Crippen LogP contribution >= 0.6 is 15.9 Å². The lowest BCUT2D eigenvalue weighted by Gasteiger charge is -2.14. The standard InChI is InChI=1S/C15H24BrNO/c1-17(2)14-9-8-10-15(13-14)18-12-7-5-3-4-6-11-16/h8-10,13H,3-7,11-12H2,1-2H3. The maximum absolute atomic E-state index is 5.77. The van der Waals surface area contributed by atoms with E-state index < -0.39 is 0 Å². The van der Waals surface area contributed by atoms with E-state index in [4.69, 9.17) is 4.74 Å². The summed E-state index contributed by atoms with van der Waals surface area (Å²) in [7, 11) is 4.09. The minimum atomic E-state index is 0.825. The lowest BCUT2D eigenvalue weighted by Crippen LogP contribution is -2.08. The van der Waals surface area contributed by atoms with E-state index in [2.05, 4.69) is 33.0 Å². The summed E-state index contributed by atoms with van der Waals surface area (Å²) in [6.45, 7) is 0.825. The zero-order valence-corrected chi connectivity index (χ0v) is 13.1. The van der Waals surface area contributed by atoms with Gasteiger partial charge in [0.05, 0.1) is 6.61 Å². The van der Waals surface area contributed by atoms with Gasteiger partial charge in [0.2, 0.25) is 0 Å². The molecular weight excluding hydrogens is 290 g/mol. The van der Waals surface area contributed by atoms with Gasteiger partial charge in [0.25, 0.3) is 0 Å². The van der Waals surface area contributed by atoms with Crippen LogP contribution in [0, 0.1) is 0 Å². The van der Waals surface area contributed by atoms with Gasteiger partial charge in [0.1, 0.15) is 5.75 Å². The molecule has 0 aromatic heterocycles. The molecule has 0 N–H and O–H groups in total. The second-order valence-corrected chi connectivity index (χ2v) is 5.49. The van der Waals surface area contributed by atoms with E-state index in [0.717, 1.165) is 24.1 Å². The number of hydrogen-bond acceptors (Lipinski definition) is 2. The zero-order valence-electron chi connectivity index (χ0n) is 11.5. The van der Waals surface area contributed by atoms with Gasteiger partial charge in [-0.3, -0.25) is 0 Å². The Morgan fingerprint density at radius 1 is 1.06 bits per heavy atom. The lowest BCUT2D eigenvalue weighted by molar-refractivity contribution is 0.304. The van der Waals surface area contributed by atoms with Gasteiger partial charge in [-0.1, -0.05) is 41.3 Å². The van der Waals surface area contributed by atoms with Crippen LogP contribution in [0.4, 0.5) is 5.69 Å². The van der Waals surface area contributed by atoms with Crippen molar-refractivity contribution in [1.29, 1.82) is 0 Å². The molecule has 0 atom stereocenters. The summed E-state index contributed by atoms with van der Waals surface area (Å²) >= 11 is 3.45. The minimum absolute atomic E-state index is 0.825. The van der Waals surface area contributed by atoms with Crippen LogP contribution in [0.1, 0.15) is 32.1 Å². The van der Waals surface area contributed by atoms with Gasteiger partial charge >= 0.3 is 0 Å². The summed E-state index contributed by atoms with van der Waals surface area (Å²) in [6, 6.07) is 8.25. The Labute approximate surface area is 119 Å². The van der Waals surface area contributed by atoms with Gasteiger partial charge in [-0.25, -0.2) is 0 Å². The Bertz CT molecular complexity index is 328. The number of rotatable bonds is 9. The largest absolute Gasteiger partial charge is 0.494 e. The first-order valence-corrected chi connectivity index (χ1v) is 7.82. The van der Waals surface area contributed by atoms with Crippen LogP contribution in [0.5, 0.6) is 5.75 Å². The SMILES string of the molecule is CN(C)c1cccc(OCCCCCCCBr)c1. The summed E-state index contributed by atoms with van der Waals surface area (Å²) in [5.74, 6) is 0.974. The van der Waals surface area contributed by atoms with Gasteiger partial charge in [0, 0.05) is 31.2 Å². The van der Waals surface area contributed by atoms with Gasteiger partial charge in [-0.15, -0.1) is 0 Å². The predicted octanol–water partition coefficient (Wildman–Crippen LogP) is 4.48. The van der Waals surface area contributed by atoms with E-state index in [1.165, 1.54) is 31.4 Å². The number of unbranched alkanes of at least 4 members (excludes halogenated alkanes) is 4. The van der Waals surface area contributed by atoms with Gasteiger partial charge in [-0.2, -0.15) is 0 Å². The summed E-state index contributed by atoms with van der Waals surface area (Å²) in [5.41, 5.74) is 1.19. The first-order chi connectivity index (χ1) is 8.74. The third-order valence-corrected chi connectivity index (χ3v) is 3.44. The molecule has 3 heteroatoms. The maximum atomic E-state index is 5.77. The van der Waals surface area contributed by atoms with Crippen molar-refractivity contribution < 1.29 is 4.74 Å². The maximum Gasteiger partial charge on any atom is 0.121 e. The molecule has 0 aliphatic carbocycles. The number of anilines is 1. The van der Waals surface area contributed by atoms with Crippen molar-refractivity contribution in [2.24, 2.45) is 0 Å². The fraction of sp³-hybridized carbons (Fsp3) is 0.600. The van der Waals surface area contributed by atoms with E-state index in [1.54, 1.807) is 0 Å². The van der Waals surface area contributed by atoms with E-state index >= 15 is 0 Å². The van der Waals surface area contributed by atoms with Crippen molar-refractivity contribution in [3.8, 4) is 5.75 Å². The topological polar surface area (TPSA) is 12.5 Å². The molecule has 0 saturated heterocycles. The van der Waals surface area contributed by atoms with E-state index in [0.29, 0.717) is 0 Å². The number of nitrogens with zero attached hydrogens (tertiary/aromatic N) is 1. The van der Waals surface area contributed by atoms with Gasteiger partial charge in [0.15, 0.2) is 0 Å². The van der Waals surface area contributed by atoms with Crippen LogP contribution in [-0.4, -0.2) is 26.0 Å². The molecule has 2 nitrogen and oxygen atoms in total. The van der Waals surface area contributed by atoms with Crippen molar-refractivity contribution in [2.45, 2.75) is 32.1 Å². The smallest absolute Gasteiger partial charge is 0.121 e. The number of alkyl halides is 1. The fourth-order valence-electron chi connectivity index (χ4n) is 1.77. The summed E-state index contributed by atoms with van der Waals surface area (Å²) in [4.78, 5) is 2.09. The van der Waals surface area contributed by atoms with Crippen LogP contribution in [-0.2, 0) is 0 Å². The molecule has 1 rings (SSSR count). The number of benzene rings is 1. The molecule has 0 aliphatic heterocycles. The third kappa shape index (κ3) is 6.29. The zero-order chi connectivity index (χ0) is 13.2. The highest BCUT2D eigenvalue weighted by molar-refractivity contribution is 9.09. The predicted molar refractivity (Wildman–Crippen MR) is 83.1 cm³/mol. The highest BCUT2D eigenvalue weighted by atomic mass is 79.9. The molecule has 0 bridgehead atoms. The number of halogens is 1. The molecule has 18 heavy (non-hydrogen) atoms. The van der Waals surface area contributed by atoms with Crippen LogP contribution < -0.4 is 9.64 Å². The first kappa shape index (κ1) is 15.4. The van der Waals surface area contributed by atoms with Gasteiger partial charge < -0.3 is 9.64 Å². The molecule has 0 spiro atoms. The summed E-state index contributed by atoms with van der Waals surface area (Å²) in [5, 5.41) is 1.13. The minimum Gasteiger partial charge on any atom is -0.494 e. The Balaban J connectivity index is 2.17. The lowest BCUT2D eigenvalue weighted by atomic mass is 10.2. The number of hydrogen-bond donors (Lipinski definition) is 0. The average Bonchev–Trinajstić information content (AvgIpc) is 2.38.